The number of hydrogen-bond acceptors (Lipinski definition) is 3. The van der Waals surface area contributed by atoms with Crippen LogP contribution in [0.25, 0.3) is 32.3 Å². The molecule has 3 nitrogen and oxygen atoms in total. The Balaban J connectivity index is 1.68. The fraction of sp³-hybridized carbons (Fsp3) is 0.375. The topological polar surface area (TPSA) is 27.7 Å². The second-order valence-electron chi connectivity index (χ2n) is 14.4. The van der Waals surface area contributed by atoms with Crippen molar-refractivity contribution < 1.29 is 14.2 Å². The van der Waals surface area contributed by atoms with E-state index in [0.717, 1.165) is 36.5 Å². The Kier molecular flexibility index (Phi) is 14.8. The van der Waals surface area contributed by atoms with Crippen molar-refractivity contribution in [3.63, 3.8) is 0 Å². The van der Waals surface area contributed by atoms with Gasteiger partial charge in [0.2, 0.25) is 0 Å². The third kappa shape index (κ3) is 9.19. The van der Waals surface area contributed by atoms with Crippen LogP contribution in [0.4, 0.5) is 0 Å². The molecule has 0 aliphatic heterocycles. The molecule has 0 aromatic heterocycles. The van der Waals surface area contributed by atoms with E-state index in [2.05, 4.69) is 130 Å². The number of rotatable bonds is 21. The fourth-order valence-corrected chi connectivity index (χ4v) is 27.4. The van der Waals surface area contributed by atoms with Crippen LogP contribution < -0.4 is 24.9 Å². The molecule has 0 heterocycles. The second-order valence-corrected chi connectivity index (χ2v) is 30.4. The van der Waals surface area contributed by atoms with Gasteiger partial charge in [-0.25, -0.2) is 0 Å². The minimum atomic E-state index is -4.50. The van der Waals surface area contributed by atoms with E-state index >= 15 is 0 Å². The first-order valence-corrected chi connectivity index (χ1v) is 30.9. The van der Waals surface area contributed by atoms with Gasteiger partial charge >= 0.3 is 330 Å². The van der Waals surface area contributed by atoms with Crippen molar-refractivity contribution in [1.29, 1.82) is 0 Å². The Bertz CT molecular complexity index is 1840. The zero-order chi connectivity index (χ0) is 36.9. The van der Waals surface area contributed by atoms with Gasteiger partial charge < -0.3 is 0 Å². The molecule has 0 spiro atoms. The molecule has 0 N–H and O–H groups in total. The minimum absolute atomic E-state index is 0.687. The van der Waals surface area contributed by atoms with Crippen LogP contribution in [0.5, 0.6) is 17.2 Å². The molecule has 278 valence electrons. The summed E-state index contributed by atoms with van der Waals surface area (Å²) < 4.78 is 24.8. The molecule has 6 rings (SSSR count). The molecule has 6 aromatic rings. The first kappa shape index (κ1) is 39.5. The number of ether oxygens (including phenoxy) is 3. The third-order valence-corrected chi connectivity index (χ3v) is 28.8. The summed E-state index contributed by atoms with van der Waals surface area (Å²) >= 11 is 0.399. The standard InChI is InChI=1S/3C16H19O.BrH.Sn/c3*1-2-3-4-7-12-17-16-11-10-14-8-5-6-9-15(14)13-16;;/h3*5-6,8-11H,2-4,7,12H2,1H3;1H;/q;;;;+1/p-1. The fourth-order valence-electron chi connectivity index (χ4n) is 7.69. The van der Waals surface area contributed by atoms with Crippen molar-refractivity contribution in [3.05, 3.63) is 109 Å². The maximum atomic E-state index is 6.98. The second kappa shape index (κ2) is 19.9. The average molecular weight is 881 g/mol. The van der Waals surface area contributed by atoms with Gasteiger partial charge in [0.05, 0.1) is 0 Å². The molecule has 0 saturated carbocycles. The summed E-state index contributed by atoms with van der Waals surface area (Å²) in [5.74, 6) is 2.91. The van der Waals surface area contributed by atoms with Gasteiger partial charge in [0.25, 0.3) is 0 Å². The summed E-state index contributed by atoms with van der Waals surface area (Å²) in [6, 6.07) is 40.0. The van der Waals surface area contributed by atoms with Crippen LogP contribution in [0.1, 0.15) is 97.8 Å². The van der Waals surface area contributed by atoms with Crippen molar-refractivity contribution in [2.75, 3.05) is 19.8 Å². The molecule has 0 saturated heterocycles. The Morgan fingerprint density at radius 1 is 0.377 bits per heavy atom. The first-order valence-electron chi connectivity index (χ1n) is 20.3. The Labute approximate surface area is 328 Å². The molecule has 0 aliphatic carbocycles. The van der Waals surface area contributed by atoms with Crippen molar-refractivity contribution >= 4 is 71.9 Å². The molecule has 6 aromatic carbocycles. The van der Waals surface area contributed by atoms with Crippen molar-refractivity contribution in [2.45, 2.75) is 97.8 Å². The van der Waals surface area contributed by atoms with E-state index in [1.54, 1.807) is 0 Å². The Morgan fingerprint density at radius 3 is 0.981 bits per heavy atom. The number of fused-ring (bicyclic) bond motifs is 3. The summed E-state index contributed by atoms with van der Waals surface area (Å²) in [4.78, 5) is 0. The normalized spacial score (nSPS) is 11.8. The van der Waals surface area contributed by atoms with Gasteiger partial charge in [-0.1, -0.05) is 0 Å². The number of halogens is 1. The molecule has 0 bridgehead atoms. The van der Waals surface area contributed by atoms with E-state index in [1.807, 2.05) is 0 Å². The van der Waals surface area contributed by atoms with E-state index in [9.17, 15) is 0 Å². The van der Waals surface area contributed by atoms with Crippen LogP contribution in [0.3, 0.4) is 0 Å². The summed E-state index contributed by atoms with van der Waals surface area (Å²) in [5, 5.41) is 7.34. The van der Waals surface area contributed by atoms with Crippen molar-refractivity contribution in [1.82, 2.24) is 0 Å². The molecule has 0 aliphatic rings. The predicted molar refractivity (Wildman–Crippen MR) is 234 cm³/mol. The molecule has 5 heteroatoms. The van der Waals surface area contributed by atoms with E-state index in [-0.39, 0.29) is 0 Å². The molecule has 0 amide bonds. The van der Waals surface area contributed by atoms with Gasteiger partial charge in [-0.15, -0.1) is 0 Å². The summed E-state index contributed by atoms with van der Waals surface area (Å²) in [6.45, 7) is 8.85. The van der Waals surface area contributed by atoms with Crippen LogP contribution in [-0.2, 0) is 0 Å². The van der Waals surface area contributed by atoms with E-state index in [0.29, 0.717) is 19.8 Å². The third-order valence-electron chi connectivity index (χ3n) is 10.5. The zero-order valence-corrected chi connectivity index (χ0v) is 36.5. The zero-order valence-electron chi connectivity index (χ0n) is 32.1. The van der Waals surface area contributed by atoms with Gasteiger partial charge in [-0.3, -0.25) is 0 Å². The first-order chi connectivity index (χ1) is 26.1. The Morgan fingerprint density at radius 2 is 0.679 bits per heavy atom. The Hall–Kier alpha value is -3.22. The van der Waals surface area contributed by atoms with E-state index in [4.69, 9.17) is 26.9 Å². The summed E-state index contributed by atoms with van der Waals surface area (Å²) in [6.07, 6.45) is 13.9. The van der Waals surface area contributed by atoms with Crippen LogP contribution in [0, 0.1) is 0 Å². The van der Waals surface area contributed by atoms with Gasteiger partial charge in [-0.2, -0.15) is 0 Å². The molecular formula is C48H57BrO3Sn. The molecular weight excluding hydrogens is 823 g/mol. The molecule has 0 fully saturated rings. The monoisotopic (exact) mass is 880 g/mol. The molecule has 0 atom stereocenters. The maximum absolute atomic E-state index is 6.98. The SMILES string of the molecule is CCCCCCOc1ccc2ccccc2[c]1[Sn]([Br])([c]1c(OCCCCCC)ccc2ccccc12)[c]1c(OCCCCCC)ccc2ccccc12. The number of hydrogen-bond donors (Lipinski definition) is 0. The van der Waals surface area contributed by atoms with Crippen LogP contribution in [0.2, 0.25) is 0 Å². The van der Waals surface area contributed by atoms with Gasteiger partial charge in [0, 0.05) is 0 Å². The molecule has 53 heavy (non-hydrogen) atoms. The van der Waals surface area contributed by atoms with Crippen molar-refractivity contribution in [3.8, 4) is 17.2 Å². The van der Waals surface area contributed by atoms with E-state index < -0.39 is 16.2 Å². The van der Waals surface area contributed by atoms with Crippen LogP contribution >= 0.6 is 12.7 Å². The molecule has 0 radical (unpaired) electrons. The van der Waals surface area contributed by atoms with Gasteiger partial charge in [-0.05, 0) is 0 Å². The van der Waals surface area contributed by atoms with Crippen LogP contribution in [-0.4, -0.2) is 36.0 Å². The average Bonchev–Trinajstić information content (AvgIpc) is 3.19. The summed E-state index contributed by atoms with van der Waals surface area (Å²) in [7, 11) is 0. The van der Waals surface area contributed by atoms with Crippen LogP contribution in [0.15, 0.2) is 109 Å². The summed E-state index contributed by atoms with van der Waals surface area (Å²) in [5.41, 5.74) is 0. The number of unbranched alkanes of at least 4 members (excludes halogenated alkanes) is 9. The quantitative estimate of drug-likeness (QED) is 0.0532. The molecule has 0 unspecified atom stereocenters. The number of benzene rings is 6. The van der Waals surface area contributed by atoms with Gasteiger partial charge in [0.15, 0.2) is 0 Å². The van der Waals surface area contributed by atoms with Gasteiger partial charge in [0.1, 0.15) is 0 Å². The predicted octanol–water partition coefficient (Wildman–Crippen LogP) is 12.4. The van der Waals surface area contributed by atoms with Crippen molar-refractivity contribution in [2.24, 2.45) is 0 Å². The van der Waals surface area contributed by atoms with E-state index in [1.165, 1.54) is 101 Å².